The fourth-order valence-electron chi connectivity index (χ4n) is 2.25. The number of ether oxygens (including phenoxy) is 1. The summed E-state index contributed by atoms with van der Waals surface area (Å²) in [5.74, 6) is 0.719. The minimum Gasteiger partial charge on any atom is -0.494 e. The van der Waals surface area contributed by atoms with Crippen LogP contribution in [0.15, 0.2) is 58.4 Å². The van der Waals surface area contributed by atoms with Crippen LogP contribution in [0, 0.1) is 6.92 Å². The average molecular weight is 352 g/mol. The zero-order valence-electron chi connectivity index (χ0n) is 14.3. The molecule has 1 amide bonds. The van der Waals surface area contributed by atoms with E-state index in [0.29, 0.717) is 16.7 Å². The molecule has 0 aromatic heterocycles. The number of aliphatic imine (C=N–C) groups is 1. The zero-order chi connectivity index (χ0) is 17.6. The molecule has 25 heavy (non-hydrogen) atoms. The van der Waals surface area contributed by atoms with Crippen molar-refractivity contribution in [3.63, 3.8) is 0 Å². The Labute approximate surface area is 152 Å². The summed E-state index contributed by atoms with van der Waals surface area (Å²) in [7, 11) is 0. The first-order chi connectivity index (χ1) is 12.1. The molecular weight excluding hydrogens is 332 g/mol. The molecule has 5 heteroatoms. The first-order valence-electron chi connectivity index (χ1n) is 8.23. The van der Waals surface area contributed by atoms with Gasteiger partial charge < -0.3 is 10.1 Å². The maximum atomic E-state index is 12.1. The monoisotopic (exact) mass is 352 g/mol. The van der Waals surface area contributed by atoms with Gasteiger partial charge in [0.15, 0.2) is 5.17 Å². The van der Waals surface area contributed by atoms with Crippen LogP contribution >= 0.6 is 11.8 Å². The van der Waals surface area contributed by atoms with Crippen molar-refractivity contribution in [2.45, 2.75) is 20.3 Å². The lowest BCUT2D eigenvalue weighted by atomic mass is 10.2. The Morgan fingerprint density at radius 2 is 1.84 bits per heavy atom. The second kappa shape index (κ2) is 8.03. The van der Waals surface area contributed by atoms with E-state index in [2.05, 4.69) is 17.2 Å². The van der Waals surface area contributed by atoms with E-state index in [-0.39, 0.29) is 5.91 Å². The number of nitrogens with zero attached hydrogens (tertiary/aromatic N) is 1. The van der Waals surface area contributed by atoms with Crippen LogP contribution in [0.4, 0.5) is 5.69 Å². The maximum absolute atomic E-state index is 12.1. The summed E-state index contributed by atoms with van der Waals surface area (Å²) in [4.78, 5) is 17.2. The first kappa shape index (κ1) is 17.3. The van der Waals surface area contributed by atoms with E-state index in [9.17, 15) is 4.79 Å². The number of amides is 1. The number of rotatable bonds is 5. The quantitative estimate of drug-likeness (QED) is 0.795. The third-order valence-corrected chi connectivity index (χ3v) is 4.48. The molecule has 4 nitrogen and oxygen atoms in total. The summed E-state index contributed by atoms with van der Waals surface area (Å²) in [6.07, 6.45) is 2.84. The lowest BCUT2D eigenvalue weighted by Gasteiger charge is -2.04. The van der Waals surface area contributed by atoms with Gasteiger partial charge in [0.1, 0.15) is 5.75 Å². The van der Waals surface area contributed by atoms with E-state index in [4.69, 9.17) is 4.74 Å². The molecule has 2 aromatic carbocycles. The van der Waals surface area contributed by atoms with Gasteiger partial charge in [-0.15, -0.1) is 0 Å². The van der Waals surface area contributed by atoms with Gasteiger partial charge in [0.05, 0.1) is 17.2 Å². The van der Waals surface area contributed by atoms with Crippen molar-refractivity contribution < 1.29 is 9.53 Å². The Morgan fingerprint density at radius 3 is 2.52 bits per heavy atom. The largest absolute Gasteiger partial charge is 0.494 e. The predicted molar refractivity (Wildman–Crippen MR) is 104 cm³/mol. The molecule has 0 saturated carbocycles. The van der Waals surface area contributed by atoms with Crippen LogP contribution in [0.3, 0.4) is 0 Å². The van der Waals surface area contributed by atoms with Gasteiger partial charge in [-0.3, -0.25) is 4.79 Å². The van der Waals surface area contributed by atoms with Gasteiger partial charge in [-0.1, -0.05) is 36.8 Å². The number of benzene rings is 2. The van der Waals surface area contributed by atoms with Crippen molar-refractivity contribution in [3.05, 3.63) is 64.6 Å². The Hall–Kier alpha value is -2.53. The molecule has 1 saturated heterocycles. The van der Waals surface area contributed by atoms with Crippen molar-refractivity contribution in [2.24, 2.45) is 4.99 Å². The molecule has 0 atom stereocenters. The molecule has 128 valence electrons. The van der Waals surface area contributed by atoms with Crippen LogP contribution in [0.2, 0.25) is 0 Å². The van der Waals surface area contributed by atoms with Crippen LogP contribution in [0.1, 0.15) is 24.5 Å². The highest BCUT2D eigenvalue weighted by Crippen LogP contribution is 2.28. The predicted octanol–water partition coefficient (Wildman–Crippen LogP) is 4.68. The average Bonchev–Trinajstić information content (AvgIpc) is 2.95. The van der Waals surface area contributed by atoms with Gasteiger partial charge in [0.25, 0.3) is 5.91 Å². The molecule has 0 bridgehead atoms. The minimum atomic E-state index is -0.123. The molecule has 1 aliphatic rings. The van der Waals surface area contributed by atoms with Gasteiger partial charge >= 0.3 is 0 Å². The normalized spacial score (nSPS) is 17.1. The smallest absolute Gasteiger partial charge is 0.264 e. The van der Waals surface area contributed by atoms with E-state index in [0.717, 1.165) is 23.4 Å². The Morgan fingerprint density at radius 1 is 1.12 bits per heavy atom. The summed E-state index contributed by atoms with van der Waals surface area (Å²) in [5.41, 5.74) is 2.96. The van der Waals surface area contributed by atoms with E-state index in [1.165, 1.54) is 17.3 Å². The van der Waals surface area contributed by atoms with Crippen molar-refractivity contribution in [3.8, 4) is 5.75 Å². The number of carbonyl (C=O) groups excluding carboxylic acids is 1. The van der Waals surface area contributed by atoms with Gasteiger partial charge in [0, 0.05) is 0 Å². The van der Waals surface area contributed by atoms with E-state index in [1.54, 1.807) is 0 Å². The fraction of sp³-hybridized carbons (Fsp3) is 0.200. The van der Waals surface area contributed by atoms with Crippen LogP contribution in [-0.4, -0.2) is 17.7 Å². The fourth-order valence-corrected chi connectivity index (χ4v) is 3.09. The Kier molecular flexibility index (Phi) is 5.56. The molecular formula is C20H20N2O2S. The van der Waals surface area contributed by atoms with Crippen LogP contribution < -0.4 is 10.1 Å². The van der Waals surface area contributed by atoms with Crippen LogP contribution in [0.25, 0.3) is 6.08 Å². The molecule has 1 aliphatic heterocycles. The van der Waals surface area contributed by atoms with Gasteiger partial charge in [-0.25, -0.2) is 4.99 Å². The van der Waals surface area contributed by atoms with Crippen LogP contribution in [0.5, 0.6) is 5.75 Å². The number of amidine groups is 1. The molecule has 1 N–H and O–H groups in total. The highest BCUT2D eigenvalue weighted by molar-refractivity contribution is 8.18. The number of aryl methyl sites for hydroxylation is 1. The Balaban J connectivity index is 1.71. The number of hydrogen-bond acceptors (Lipinski definition) is 4. The van der Waals surface area contributed by atoms with E-state index >= 15 is 0 Å². The van der Waals surface area contributed by atoms with Gasteiger partial charge in [-0.05, 0) is 61.0 Å². The summed E-state index contributed by atoms with van der Waals surface area (Å²) in [6, 6.07) is 15.6. The molecule has 2 aromatic rings. The van der Waals surface area contributed by atoms with E-state index < -0.39 is 0 Å². The van der Waals surface area contributed by atoms with Crippen molar-refractivity contribution in [2.75, 3.05) is 6.61 Å². The summed E-state index contributed by atoms with van der Waals surface area (Å²) in [5, 5.41) is 3.41. The second-order valence-corrected chi connectivity index (χ2v) is 6.77. The van der Waals surface area contributed by atoms with Crippen LogP contribution in [-0.2, 0) is 4.79 Å². The van der Waals surface area contributed by atoms with E-state index in [1.807, 2.05) is 61.5 Å². The number of nitrogens with one attached hydrogen (secondary N) is 1. The number of hydrogen-bond donors (Lipinski definition) is 1. The highest BCUT2D eigenvalue weighted by Gasteiger charge is 2.23. The summed E-state index contributed by atoms with van der Waals surface area (Å²) < 4.78 is 5.57. The molecule has 0 unspecified atom stereocenters. The lowest BCUT2D eigenvalue weighted by Crippen LogP contribution is -2.19. The number of carbonyl (C=O) groups is 1. The maximum Gasteiger partial charge on any atom is 0.264 e. The molecule has 1 heterocycles. The summed E-state index contributed by atoms with van der Waals surface area (Å²) >= 11 is 1.35. The molecule has 0 aliphatic carbocycles. The number of thioether (sulfide) groups is 1. The first-order valence-corrected chi connectivity index (χ1v) is 9.05. The minimum absolute atomic E-state index is 0.123. The molecule has 0 radical (unpaired) electrons. The van der Waals surface area contributed by atoms with Crippen molar-refractivity contribution >= 4 is 34.6 Å². The summed E-state index contributed by atoms with van der Waals surface area (Å²) in [6.45, 7) is 4.81. The highest BCUT2D eigenvalue weighted by atomic mass is 32.2. The van der Waals surface area contributed by atoms with Crippen molar-refractivity contribution in [1.82, 2.24) is 5.32 Å². The standard InChI is InChI=1S/C20H20N2O2S/c1-3-12-24-17-10-6-15(7-11-17)13-18-19(23)22-20(25-18)21-16-8-4-14(2)5-9-16/h4-11,13H,3,12H2,1-2H3,(H,21,22,23). The lowest BCUT2D eigenvalue weighted by molar-refractivity contribution is -0.115. The third-order valence-electron chi connectivity index (χ3n) is 3.57. The molecule has 1 fully saturated rings. The SMILES string of the molecule is CCCOc1ccc(C=C2SC(=Nc3ccc(C)cc3)NC2=O)cc1. The van der Waals surface area contributed by atoms with Gasteiger partial charge in [-0.2, -0.15) is 0 Å². The Bertz CT molecular complexity index is 809. The molecule has 0 spiro atoms. The third kappa shape index (κ3) is 4.73. The second-order valence-electron chi connectivity index (χ2n) is 5.73. The van der Waals surface area contributed by atoms with Crippen molar-refractivity contribution in [1.29, 1.82) is 0 Å². The molecule has 3 rings (SSSR count). The topological polar surface area (TPSA) is 50.7 Å². The van der Waals surface area contributed by atoms with Gasteiger partial charge in [0.2, 0.25) is 0 Å². The zero-order valence-corrected chi connectivity index (χ0v) is 15.1.